The monoisotopic (exact) mass is 388 g/mol. The van der Waals surface area contributed by atoms with E-state index in [2.05, 4.69) is 15.3 Å². The molecule has 0 fully saturated rings. The average Bonchev–Trinajstić information content (AvgIpc) is 3.36. The maximum atomic E-state index is 12.6. The van der Waals surface area contributed by atoms with Crippen LogP contribution >= 0.6 is 0 Å². The second-order valence-electron chi connectivity index (χ2n) is 6.47. The third-order valence-electron chi connectivity index (χ3n) is 4.52. The van der Waals surface area contributed by atoms with E-state index in [0.29, 0.717) is 23.0 Å². The van der Waals surface area contributed by atoms with Gasteiger partial charge in [-0.05, 0) is 29.8 Å². The van der Waals surface area contributed by atoms with E-state index in [0.717, 1.165) is 11.1 Å². The number of carbonyl (C=O) groups excluding carboxylic acids is 1. The standard InChI is InChI=1S/C22H20N4O3/c1-26-13-12-23-22(26)21(15-6-5-7-16(14-15)28-2)25-19(27)10-11-20-24-17-8-3-4-9-18(17)29-20/h3-14,21H,1-2H3,(H,25,27)/b11-10+. The summed E-state index contributed by atoms with van der Waals surface area (Å²) >= 11 is 0. The lowest BCUT2D eigenvalue weighted by Crippen LogP contribution is -2.29. The van der Waals surface area contributed by atoms with Crippen molar-refractivity contribution in [2.45, 2.75) is 6.04 Å². The number of amides is 1. The molecule has 4 aromatic rings. The molecule has 1 amide bonds. The van der Waals surface area contributed by atoms with Crippen molar-refractivity contribution in [3.05, 3.63) is 84.3 Å². The molecular formula is C22H20N4O3. The van der Waals surface area contributed by atoms with Crippen LogP contribution in [0.5, 0.6) is 5.75 Å². The maximum absolute atomic E-state index is 12.6. The molecule has 0 saturated heterocycles. The van der Waals surface area contributed by atoms with Crippen LogP contribution in [0.15, 0.2) is 71.4 Å². The summed E-state index contributed by atoms with van der Waals surface area (Å²) in [5.41, 5.74) is 2.28. The van der Waals surface area contributed by atoms with Gasteiger partial charge < -0.3 is 19.0 Å². The van der Waals surface area contributed by atoms with E-state index >= 15 is 0 Å². The van der Waals surface area contributed by atoms with Gasteiger partial charge in [0, 0.05) is 31.6 Å². The molecule has 0 bridgehead atoms. The van der Waals surface area contributed by atoms with Gasteiger partial charge >= 0.3 is 0 Å². The number of carbonyl (C=O) groups is 1. The topological polar surface area (TPSA) is 82.2 Å². The fourth-order valence-corrected chi connectivity index (χ4v) is 3.07. The van der Waals surface area contributed by atoms with Gasteiger partial charge in [0.1, 0.15) is 23.1 Å². The molecule has 146 valence electrons. The molecule has 0 radical (unpaired) electrons. The fourth-order valence-electron chi connectivity index (χ4n) is 3.07. The molecule has 0 aliphatic heterocycles. The first kappa shape index (κ1) is 18.5. The third-order valence-corrected chi connectivity index (χ3v) is 4.52. The minimum absolute atomic E-state index is 0.289. The van der Waals surface area contributed by atoms with Crippen LogP contribution in [0.4, 0.5) is 0 Å². The van der Waals surface area contributed by atoms with Crippen LogP contribution in [0.25, 0.3) is 17.2 Å². The third kappa shape index (κ3) is 4.03. The lowest BCUT2D eigenvalue weighted by Gasteiger charge is -2.19. The predicted octanol–water partition coefficient (Wildman–Crippen LogP) is 3.49. The molecule has 2 aromatic carbocycles. The number of aromatic nitrogens is 3. The molecule has 0 aliphatic carbocycles. The summed E-state index contributed by atoms with van der Waals surface area (Å²) in [6.45, 7) is 0. The number of methoxy groups -OCH3 is 1. The highest BCUT2D eigenvalue weighted by Gasteiger charge is 2.20. The molecule has 1 N–H and O–H groups in total. The van der Waals surface area contributed by atoms with E-state index in [-0.39, 0.29) is 5.91 Å². The Morgan fingerprint density at radius 3 is 2.86 bits per heavy atom. The number of fused-ring (bicyclic) bond motifs is 1. The highest BCUT2D eigenvalue weighted by molar-refractivity contribution is 5.92. The van der Waals surface area contributed by atoms with E-state index in [1.807, 2.05) is 66.3 Å². The second kappa shape index (κ2) is 8.02. The number of nitrogens with one attached hydrogen (secondary N) is 1. The fraction of sp³-hybridized carbons (Fsp3) is 0.136. The highest BCUT2D eigenvalue weighted by atomic mass is 16.5. The SMILES string of the molecule is COc1cccc(C(NC(=O)/C=C/c2nc3ccccc3o2)c2nccn2C)c1. The molecule has 2 heterocycles. The second-order valence-corrected chi connectivity index (χ2v) is 6.47. The lowest BCUT2D eigenvalue weighted by molar-refractivity contribution is -0.117. The minimum Gasteiger partial charge on any atom is -0.497 e. The Morgan fingerprint density at radius 1 is 1.24 bits per heavy atom. The number of hydrogen-bond donors (Lipinski definition) is 1. The highest BCUT2D eigenvalue weighted by Crippen LogP contribution is 2.24. The summed E-state index contributed by atoms with van der Waals surface area (Å²) in [4.78, 5) is 21.4. The van der Waals surface area contributed by atoms with E-state index < -0.39 is 6.04 Å². The summed E-state index contributed by atoms with van der Waals surface area (Å²) in [5.74, 6) is 1.50. The smallest absolute Gasteiger partial charge is 0.245 e. The lowest BCUT2D eigenvalue weighted by atomic mass is 10.1. The molecule has 7 heteroatoms. The molecule has 0 aliphatic rings. The molecular weight excluding hydrogens is 368 g/mol. The number of para-hydroxylation sites is 2. The predicted molar refractivity (Wildman–Crippen MR) is 109 cm³/mol. The first-order chi connectivity index (χ1) is 14.1. The Kier molecular flexibility index (Phi) is 5.11. The number of hydrogen-bond acceptors (Lipinski definition) is 5. The van der Waals surface area contributed by atoms with Gasteiger partial charge in [0.25, 0.3) is 0 Å². The Morgan fingerprint density at radius 2 is 2.10 bits per heavy atom. The summed E-state index contributed by atoms with van der Waals surface area (Å²) < 4.78 is 12.8. The molecule has 29 heavy (non-hydrogen) atoms. The first-order valence-electron chi connectivity index (χ1n) is 9.09. The van der Waals surface area contributed by atoms with Gasteiger partial charge in [0.2, 0.25) is 11.8 Å². The van der Waals surface area contributed by atoms with Crippen molar-refractivity contribution in [1.82, 2.24) is 19.9 Å². The Bertz CT molecular complexity index is 1140. The molecule has 0 saturated carbocycles. The van der Waals surface area contributed by atoms with Crippen LogP contribution < -0.4 is 10.1 Å². The van der Waals surface area contributed by atoms with Crippen LogP contribution in [0.3, 0.4) is 0 Å². The van der Waals surface area contributed by atoms with Crippen LogP contribution in [0, 0.1) is 0 Å². The Labute approximate surface area is 167 Å². The quantitative estimate of drug-likeness (QED) is 0.511. The average molecular weight is 388 g/mol. The normalized spacial score (nSPS) is 12.3. The summed E-state index contributed by atoms with van der Waals surface area (Å²) in [6.07, 6.45) is 6.49. The van der Waals surface area contributed by atoms with Crippen LogP contribution in [0.1, 0.15) is 23.3 Å². The van der Waals surface area contributed by atoms with E-state index in [4.69, 9.17) is 9.15 Å². The number of oxazole rings is 1. The van der Waals surface area contributed by atoms with E-state index in [9.17, 15) is 4.79 Å². The summed E-state index contributed by atoms with van der Waals surface area (Å²) in [6, 6.07) is 14.5. The molecule has 4 rings (SSSR count). The first-order valence-corrected chi connectivity index (χ1v) is 9.09. The van der Waals surface area contributed by atoms with Gasteiger partial charge in [-0.1, -0.05) is 24.3 Å². The van der Waals surface area contributed by atoms with Crippen molar-refractivity contribution >= 4 is 23.1 Å². The zero-order chi connectivity index (χ0) is 20.2. The molecule has 1 unspecified atom stereocenters. The molecule has 0 spiro atoms. The zero-order valence-electron chi connectivity index (χ0n) is 16.1. The van der Waals surface area contributed by atoms with Crippen molar-refractivity contribution in [2.24, 2.45) is 7.05 Å². The minimum atomic E-state index is -0.439. The van der Waals surface area contributed by atoms with Crippen molar-refractivity contribution < 1.29 is 13.9 Å². The van der Waals surface area contributed by atoms with Crippen molar-refractivity contribution in [3.63, 3.8) is 0 Å². The Hall–Kier alpha value is -3.87. The van der Waals surface area contributed by atoms with E-state index in [1.54, 1.807) is 19.4 Å². The molecule has 7 nitrogen and oxygen atoms in total. The number of imidazole rings is 1. The summed E-state index contributed by atoms with van der Waals surface area (Å²) in [7, 11) is 3.49. The van der Waals surface area contributed by atoms with Gasteiger partial charge in [-0.15, -0.1) is 0 Å². The van der Waals surface area contributed by atoms with Crippen molar-refractivity contribution in [1.29, 1.82) is 0 Å². The van der Waals surface area contributed by atoms with Crippen LogP contribution in [-0.4, -0.2) is 27.6 Å². The number of rotatable bonds is 6. The van der Waals surface area contributed by atoms with Gasteiger partial charge in [0.05, 0.1) is 7.11 Å². The zero-order valence-corrected chi connectivity index (χ0v) is 16.1. The maximum Gasteiger partial charge on any atom is 0.245 e. The van der Waals surface area contributed by atoms with Crippen molar-refractivity contribution in [2.75, 3.05) is 7.11 Å². The van der Waals surface area contributed by atoms with Crippen LogP contribution in [-0.2, 0) is 11.8 Å². The van der Waals surface area contributed by atoms with Gasteiger partial charge in [-0.2, -0.15) is 0 Å². The Balaban J connectivity index is 1.58. The van der Waals surface area contributed by atoms with Gasteiger partial charge in [-0.3, -0.25) is 4.79 Å². The van der Waals surface area contributed by atoms with Gasteiger partial charge in [-0.25, -0.2) is 9.97 Å². The number of ether oxygens (including phenoxy) is 1. The van der Waals surface area contributed by atoms with Crippen LogP contribution in [0.2, 0.25) is 0 Å². The molecule has 1 atom stereocenters. The number of aryl methyl sites for hydroxylation is 1. The van der Waals surface area contributed by atoms with Gasteiger partial charge in [0.15, 0.2) is 5.58 Å². The van der Waals surface area contributed by atoms with E-state index in [1.165, 1.54) is 6.08 Å². The molecule has 2 aromatic heterocycles. The largest absolute Gasteiger partial charge is 0.497 e. The van der Waals surface area contributed by atoms with Crippen molar-refractivity contribution in [3.8, 4) is 5.75 Å². The number of benzene rings is 2. The summed E-state index contributed by atoms with van der Waals surface area (Å²) in [5, 5.41) is 3.00. The number of nitrogens with zero attached hydrogens (tertiary/aromatic N) is 3.